The summed E-state index contributed by atoms with van der Waals surface area (Å²) in [6.45, 7) is 4.05. The molecule has 0 aliphatic carbocycles. The third-order valence-corrected chi connectivity index (χ3v) is 3.28. The van der Waals surface area contributed by atoms with Crippen molar-refractivity contribution in [1.82, 2.24) is 0 Å². The van der Waals surface area contributed by atoms with Crippen LogP contribution >= 0.6 is 0 Å². The third-order valence-electron chi connectivity index (χ3n) is 3.28. The van der Waals surface area contributed by atoms with Crippen LogP contribution in [-0.2, 0) is 0 Å². The molecule has 0 aliphatic rings. The lowest BCUT2D eigenvalue weighted by atomic mass is 10.0. The van der Waals surface area contributed by atoms with E-state index in [1.807, 2.05) is 50.2 Å². The highest BCUT2D eigenvalue weighted by atomic mass is 16.3. The van der Waals surface area contributed by atoms with Crippen molar-refractivity contribution in [3.05, 3.63) is 59.2 Å². The number of rotatable bonds is 1. The largest absolute Gasteiger partial charge is 0.455 e. The van der Waals surface area contributed by atoms with Gasteiger partial charge >= 0.3 is 0 Å². The first kappa shape index (κ1) is 11.6. The van der Waals surface area contributed by atoms with E-state index in [-0.39, 0.29) is 0 Å². The third kappa shape index (κ3) is 1.80. The Morgan fingerprint density at radius 3 is 2.47 bits per heavy atom. The fraction of sp³-hybridized carbons (Fsp3) is 0.118. The van der Waals surface area contributed by atoms with Gasteiger partial charge in [-0.1, -0.05) is 36.4 Å². The molecule has 1 aromatic heterocycles. The molecule has 0 unspecified atom stereocenters. The fourth-order valence-electron chi connectivity index (χ4n) is 2.50. The molecule has 0 atom stereocenters. The van der Waals surface area contributed by atoms with Gasteiger partial charge in [0.05, 0.1) is 0 Å². The first-order valence-corrected chi connectivity index (χ1v) is 6.20. The standard InChI is InChI=1S/C17H13NO/c1-11-8-12(2)16-14(10-18)17(19-15(16)9-11)13-6-4-3-5-7-13/h3-9H,1-2H3. The lowest BCUT2D eigenvalue weighted by Gasteiger charge is -1.97. The summed E-state index contributed by atoms with van der Waals surface area (Å²) in [6, 6.07) is 16.1. The molecule has 0 aliphatic heterocycles. The van der Waals surface area contributed by atoms with E-state index in [9.17, 15) is 5.26 Å². The molecular formula is C17H13NO. The highest BCUT2D eigenvalue weighted by molar-refractivity contribution is 5.93. The van der Waals surface area contributed by atoms with E-state index in [1.54, 1.807) is 0 Å². The van der Waals surface area contributed by atoms with E-state index >= 15 is 0 Å². The van der Waals surface area contributed by atoms with E-state index in [0.717, 1.165) is 27.7 Å². The minimum atomic E-state index is 0.624. The Morgan fingerprint density at radius 2 is 1.79 bits per heavy atom. The molecule has 1 heterocycles. The summed E-state index contributed by atoms with van der Waals surface area (Å²) in [6.07, 6.45) is 0. The Hall–Kier alpha value is -2.53. The number of hydrogen-bond acceptors (Lipinski definition) is 2. The van der Waals surface area contributed by atoms with Gasteiger partial charge in [-0.05, 0) is 31.0 Å². The van der Waals surface area contributed by atoms with Crippen LogP contribution < -0.4 is 0 Å². The molecule has 2 aromatic carbocycles. The second-order valence-electron chi connectivity index (χ2n) is 4.74. The maximum atomic E-state index is 9.45. The molecule has 0 radical (unpaired) electrons. The zero-order valence-corrected chi connectivity index (χ0v) is 10.9. The van der Waals surface area contributed by atoms with Crippen molar-refractivity contribution in [1.29, 1.82) is 5.26 Å². The first-order valence-electron chi connectivity index (χ1n) is 6.20. The highest BCUT2D eigenvalue weighted by Crippen LogP contribution is 2.35. The molecule has 2 nitrogen and oxygen atoms in total. The van der Waals surface area contributed by atoms with Crippen LogP contribution in [0.3, 0.4) is 0 Å². The number of nitriles is 1. The minimum Gasteiger partial charge on any atom is -0.455 e. The van der Waals surface area contributed by atoms with Crippen molar-refractivity contribution in [2.75, 3.05) is 0 Å². The van der Waals surface area contributed by atoms with Crippen molar-refractivity contribution in [2.24, 2.45) is 0 Å². The van der Waals surface area contributed by atoms with E-state index < -0.39 is 0 Å². The number of benzene rings is 2. The molecule has 0 saturated heterocycles. The molecule has 0 saturated carbocycles. The molecule has 92 valence electrons. The van der Waals surface area contributed by atoms with Gasteiger partial charge in [0.2, 0.25) is 0 Å². The van der Waals surface area contributed by atoms with Crippen molar-refractivity contribution in [2.45, 2.75) is 13.8 Å². The summed E-state index contributed by atoms with van der Waals surface area (Å²) in [5.41, 5.74) is 4.57. The molecule has 3 aromatic rings. The molecule has 0 bridgehead atoms. The zero-order valence-electron chi connectivity index (χ0n) is 10.9. The van der Waals surface area contributed by atoms with Gasteiger partial charge in [0.1, 0.15) is 17.2 Å². The molecule has 2 heteroatoms. The molecule has 0 N–H and O–H groups in total. The molecule has 19 heavy (non-hydrogen) atoms. The van der Waals surface area contributed by atoms with Gasteiger partial charge in [-0.3, -0.25) is 0 Å². The zero-order chi connectivity index (χ0) is 13.4. The first-order chi connectivity index (χ1) is 9.20. The lowest BCUT2D eigenvalue weighted by Crippen LogP contribution is -1.82. The summed E-state index contributed by atoms with van der Waals surface area (Å²) in [4.78, 5) is 0. The van der Waals surface area contributed by atoms with Gasteiger partial charge in [-0.25, -0.2) is 0 Å². The SMILES string of the molecule is Cc1cc(C)c2c(C#N)c(-c3ccccc3)oc2c1. The van der Waals surface area contributed by atoms with Gasteiger partial charge in [0.15, 0.2) is 5.76 Å². The van der Waals surface area contributed by atoms with Crippen LogP contribution in [0.1, 0.15) is 16.7 Å². The van der Waals surface area contributed by atoms with E-state index in [2.05, 4.69) is 12.1 Å². The van der Waals surface area contributed by atoms with Crippen LogP contribution in [0.5, 0.6) is 0 Å². The van der Waals surface area contributed by atoms with Gasteiger partial charge in [0.25, 0.3) is 0 Å². The normalized spacial score (nSPS) is 10.6. The van der Waals surface area contributed by atoms with Crippen LogP contribution in [0.25, 0.3) is 22.3 Å². The Labute approximate surface area is 111 Å². The monoisotopic (exact) mass is 247 g/mol. The highest BCUT2D eigenvalue weighted by Gasteiger charge is 2.17. The molecule has 3 rings (SSSR count). The maximum Gasteiger partial charge on any atom is 0.153 e. The summed E-state index contributed by atoms with van der Waals surface area (Å²) in [7, 11) is 0. The van der Waals surface area contributed by atoms with Gasteiger partial charge in [-0.2, -0.15) is 5.26 Å². The van der Waals surface area contributed by atoms with Gasteiger partial charge in [-0.15, -0.1) is 0 Å². The van der Waals surface area contributed by atoms with Crippen molar-refractivity contribution < 1.29 is 4.42 Å². The molecular weight excluding hydrogens is 234 g/mol. The van der Waals surface area contributed by atoms with Crippen LogP contribution in [0.2, 0.25) is 0 Å². The van der Waals surface area contributed by atoms with E-state index in [4.69, 9.17) is 4.42 Å². The van der Waals surface area contributed by atoms with Crippen LogP contribution in [0.15, 0.2) is 46.9 Å². The van der Waals surface area contributed by atoms with Gasteiger partial charge in [0, 0.05) is 10.9 Å². The Bertz CT molecular complexity index is 791. The summed E-state index contributed by atoms with van der Waals surface area (Å²) < 4.78 is 5.92. The quantitative estimate of drug-likeness (QED) is 0.630. The van der Waals surface area contributed by atoms with Crippen molar-refractivity contribution in [3.8, 4) is 17.4 Å². The van der Waals surface area contributed by atoms with E-state index in [0.29, 0.717) is 11.3 Å². The number of fused-ring (bicyclic) bond motifs is 1. The molecule has 0 amide bonds. The average Bonchev–Trinajstić information content (AvgIpc) is 2.78. The second-order valence-corrected chi connectivity index (χ2v) is 4.74. The summed E-state index contributed by atoms with van der Waals surface area (Å²) >= 11 is 0. The fourth-order valence-corrected chi connectivity index (χ4v) is 2.50. The maximum absolute atomic E-state index is 9.45. The van der Waals surface area contributed by atoms with E-state index in [1.165, 1.54) is 0 Å². The number of furan rings is 1. The number of aryl methyl sites for hydroxylation is 2. The van der Waals surface area contributed by atoms with Gasteiger partial charge < -0.3 is 4.42 Å². The average molecular weight is 247 g/mol. The molecule has 0 spiro atoms. The van der Waals surface area contributed by atoms with Crippen molar-refractivity contribution in [3.63, 3.8) is 0 Å². The summed E-state index contributed by atoms with van der Waals surface area (Å²) in [5, 5.41) is 10.4. The van der Waals surface area contributed by atoms with Crippen LogP contribution in [0, 0.1) is 25.2 Å². The summed E-state index contributed by atoms with van der Waals surface area (Å²) in [5.74, 6) is 0.659. The predicted molar refractivity (Wildman–Crippen MR) is 75.8 cm³/mol. The topological polar surface area (TPSA) is 36.9 Å². The Morgan fingerprint density at radius 1 is 1.05 bits per heavy atom. The predicted octanol–water partition coefficient (Wildman–Crippen LogP) is 4.59. The number of nitrogens with zero attached hydrogens (tertiary/aromatic N) is 1. The minimum absolute atomic E-state index is 0.624. The molecule has 0 fully saturated rings. The Kier molecular flexibility index (Phi) is 2.61. The second kappa shape index (κ2) is 4.29. The Balaban J connectivity index is 2.39. The van der Waals surface area contributed by atoms with Crippen LogP contribution in [-0.4, -0.2) is 0 Å². The van der Waals surface area contributed by atoms with Crippen LogP contribution in [0.4, 0.5) is 0 Å². The smallest absolute Gasteiger partial charge is 0.153 e. The number of hydrogen-bond donors (Lipinski definition) is 0. The lowest BCUT2D eigenvalue weighted by molar-refractivity contribution is 0.630. The van der Waals surface area contributed by atoms with Crippen molar-refractivity contribution >= 4 is 11.0 Å².